The molecule has 238 valence electrons. The van der Waals surface area contributed by atoms with E-state index in [-0.39, 0.29) is 0 Å². The standard InChI is InChI=1S/C48H30N2O/c1-2-10-35(11-3-1)49-43-15-7-4-12-37(43)41-28-33(22-26-45(41)49)31-18-20-32(21-19-31)34-23-27-46-42(29-34)38-13-5-8-16-44(38)50(46)36-24-25-40-39-14-6-9-17-47(39)51-48(40)30-36/h1-30H. The van der Waals surface area contributed by atoms with Gasteiger partial charge in [0.1, 0.15) is 11.2 Å². The molecule has 0 saturated heterocycles. The Morgan fingerprint density at radius 1 is 0.275 bits per heavy atom. The fourth-order valence-corrected chi connectivity index (χ4v) is 8.15. The van der Waals surface area contributed by atoms with Crippen molar-refractivity contribution in [3.8, 4) is 33.6 Å². The lowest BCUT2D eigenvalue weighted by Crippen LogP contribution is -1.93. The van der Waals surface area contributed by atoms with E-state index in [0.717, 1.165) is 27.6 Å². The van der Waals surface area contributed by atoms with Crippen LogP contribution in [-0.2, 0) is 0 Å². The van der Waals surface area contributed by atoms with Gasteiger partial charge >= 0.3 is 0 Å². The monoisotopic (exact) mass is 650 g/mol. The number of aromatic nitrogens is 2. The van der Waals surface area contributed by atoms with Crippen LogP contribution in [0, 0.1) is 0 Å². The first-order valence-electron chi connectivity index (χ1n) is 17.4. The zero-order chi connectivity index (χ0) is 33.5. The van der Waals surface area contributed by atoms with Crippen LogP contribution in [-0.4, -0.2) is 9.13 Å². The predicted octanol–water partition coefficient (Wildman–Crippen LogP) is 13.1. The largest absolute Gasteiger partial charge is 0.456 e. The summed E-state index contributed by atoms with van der Waals surface area (Å²) in [5.41, 5.74) is 13.7. The van der Waals surface area contributed by atoms with Crippen LogP contribution in [0.5, 0.6) is 0 Å². The van der Waals surface area contributed by atoms with Gasteiger partial charge in [-0.15, -0.1) is 0 Å². The van der Waals surface area contributed by atoms with E-state index in [9.17, 15) is 0 Å². The molecule has 0 aliphatic carbocycles. The summed E-state index contributed by atoms with van der Waals surface area (Å²) >= 11 is 0. The molecule has 3 heteroatoms. The van der Waals surface area contributed by atoms with Crippen LogP contribution in [0.4, 0.5) is 0 Å². The Balaban J connectivity index is 0.989. The summed E-state index contributed by atoms with van der Waals surface area (Å²) in [6.45, 7) is 0. The molecule has 0 N–H and O–H groups in total. The van der Waals surface area contributed by atoms with Gasteiger partial charge in [-0.05, 0) is 89.0 Å². The first kappa shape index (κ1) is 28.0. The Labute approximate surface area is 293 Å². The van der Waals surface area contributed by atoms with Gasteiger partial charge in [0.15, 0.2) is 0 Å². The Bertz CT molecular complexity index is 3120. The number of hydrogen-bond acceptors (Lipinski definition) is 1. The number of para-hydroxylation sites is 4. The summed E-state index contributed by atoms with van der Waals surface area (Å²) in [6, 6.07) is 65.5. The molecule has 0 amide bonds. The minimum Gasteiger partial charge on any atom is -0.456 e. The molecule has 11 aromatic rings. The van der Waals surface area contributed by atoms with E-state index in [2.05, 4.69) is 179 Å². The summed E-state index contributed by atoms with van der Waals surface area (Å²) in [7, 11) is 0. The minimum atomic E-state index is 0.900. The highest BCUT2D eigenvalue weighted by atomic mass is 16.3. The third-order valence-electron chi connectivity index (χ3n) is 10.5. The number of hydrogen-bond donors (Lipinski definition) is 0. The van der Waals surface area contributed by atoms with Gasteiger partial charge in [-0.2, -0.15) is 0 Å². The summed E-state index contributed by atoms with van der Waals surface area (Å²) in [6.07, 6.45) is 0. The topological polar surface area (TPSA) is 23.0 Å². The quantitative estimate of drug-likeness (QED) is 0.186. The maximum absolute atomic E-state index is 6.28. The van der Waals surface area contributed by atoms with E-state index in [1.165, 1.54) is 71.6 Å². The first-order chi connectivity index (χ1) is 25.3. The Morgan fingerprint density at radius 3 is 1.37 bits per heavy atom. The van der Waals surface area contributed by atoms with Gasteiger partial charge in [0.2, 0.25) is 0 Å². The summed E-state index contributed by atoms with van der Waals surface area (Å²) in [5.74, 6) is 0. The molecule has 0 aliphatic heterocycles. The van der Waals surface area contributed by atoms with Crippen molar-refractivity contribution in [1.82, 2.24) is 9.13 Å². The van der Waals surface area contributed by atoms with Crippen molar-refractivity contribution >= 4 is 65.6 Å². The Morgan fingerprint density at radius 2 is 0.745 bits per heavy atom. The van der Waals surface area contributed by atoms with E-state index in [1.54, 1.807) is 0 Å². The number of nitrogens with zero attached hydrogens (tertiary/aromatic N) is 2. The fraction of sp³-hybridized carbons (Fsp3) is 0. The molecular weight excluding hydrogens is 621 g/mol. The van der Waals surface area contributed by atoms with Crippen molar-refractivity contribution in [2.45, 2.75) is 0 Å². The van der Waals surface area contributed by atoms with E-state index < -0.39 is 0 Å². The second kappa shape index (κ2) is 10.8. The van der Waals surface area contributed by atoms with Crippen molar-refractivity contribution in [2.75, 3.05) is 0 Å². The van der Waals surface area contributed by atoms with Gasteiger partial charge in [-0.25, -0.2) is 0 Å². The molecule has 3 nitrogen and oxygen atoms in total. The molecule has 11 rings (SSSR count). The van der Waals surface area contributed by atoms with Crippen molar-refractivity contribution < 1.29 is 4.42 Å². The van der Waals surface area contributed by atoms with E-state index in [0.29, 0.717) is 0 Å². The van der Waals surface area contributed by atoms with E-state index in [4.69, 9.17) is 4.42 Å². The Kier molecular flexibility index (Phi) is 5.96. The molecule has 0 bridgehead atoms. The lowest BCUT2D eigenvalue weighted by Gasteiger charge is -2.09. The molecular formula is C48H30N2O. The lowest BCUT2D eigenvalue weighted by molar-refractivity contribution is 0.668. The molecule has 0 saturated carbocycles. The highest BCUT2D eigenvalue weighted by Gasteiger charge is 2.16. The smallest absolute Gasteiger partial charge is 0.137 e. The average molecular weight is 651 g/mol. The van der Waals surface area contributed by atoms with Crippen LogP contribution in [0.1, 0.15) is 0 Å². The molecule has 0 radical (unpaired) electrons. The minimum absolute atomic E-state index is 0.900. The molecule has 0 atom stereocenters. The number of fused-ring (bicyclic) bond motifs is 9. The van der Waals surface area contributed by atoms with E-state index in [1.807, 2.05) is 12.1 Å². The number of rotatable bonds is 4. The van der Waals surface area contributed by atoms with Crippen molar-refractivity contribution in [2.24, 2.45) is 0 Å². The summed E-state index contributed by atoms with van der Waals surface area (Å²) in [4.78, 5) is 0. The van der Waals surface area contributed by atoms with Gasteiger partial charge in [-0.1, -0.05) is 109 Å². The average Bonchev–Trinajstić information content (AvgIpc) is 3.85. The first-order valence-corrected chi connectivity index (χ1v) is 17.4. The fourth-order valence-electron chi connectivity index (χ4n) is 8.15. The molecule has 3 heterocycles. The van der Waals surface area contributed by atoms with Crippen molar-refractivity contribution in [3.05, 3.63) is 182 Å². The molecule has 0 aliphatic rings. The molecule has 0 fully saturated rings. The summed E-state index contributed by atoms with van der Waals surface area (Å²) in [5, 5.41) is 7.28. The maximum atomic E-state index is 6.28. The third-order valence-corrected chi connectivity index (χ3v) is 10.5. The van der Waals surface area contributed by atoms with Crippen LogP contribution >= 0.6 is 0 Å². The molecule has 8 aromatic carbocycles. The van der Waals surface area contributed by atoms with Crippen LogP contribution in [0.25, 0.3) is 99.2 Å². The second-order valence-electron chi connectivity index (χ2n) is 13.4. The predicted molar refractivity (Wildman–Crippen MR) is 213 cm³/mol. The second-order valence-corrected chi connectivity index (χ2v) is 13.4. The van der Waals surface area contributed by atoms with Crippen LogP contribution < -0.4 is 0 Å². The van der Waals surface area contributed by atoms with E-state index >= 15 is 0 Å². The van der Waals surface area contributed by atoms with Crippen LogP contribution in [0.2, 0.25) is 0 Å². The molecule has 51 heavy (non-hydrogen) atoms. The normalized spacial score (nSPS) is 11.9. The van der Waals surface area contributed by atoms with Gasteiger partial charge < -0.3 is 13.6 Å². The zero-order valence-electron chi connectivity index (χ0n) is 27.6. The van der Waals surface area contributed by atoms with Gasteiger partial charge in [-0.3, -0.25) is 0 Å². The number of furan rings is 1. The van der Waals surface area contributed by atoms with Gasteiger partial charge in [0.05, 0.1) is 22.1 Å². The third kappa shape index (κ3) is 4.25. The zero-order valence-corrected chi connectivity index (χ0v) is 27.6. The summed E-state index contributed by atoms with van der Waals surface area (Å²) < 4.78 is 11.0. The number of benzene rings is 8. The highest BCUT2D eigenvalue weighted by Crippen LogP contribution is 2.38. The van der Waals surface area contributed by atoms with Crippen molar-refractivity contribution in [1.29, 1.82) is 0 Å². The molecule has 3 aromatic heterocycles. The SMILES string of the molecule is c1ccc(-n2c3ccccc3c3cc(-c4ccc(-c5ccc6c(c5)c5ccccc5n6-c5ccc6c(c5)oc5ccccc56)cc4)ccc32)cc1. The molecule has 0 unspecified atom stereocenters. The van der Waals surface area contributed by atoms with Crippen LogP contribution in [0.15, 0.2) is 186 Å². The lowest BCUT2D eigenvalue weighted by atomic mass is 9.98. The van der Waals surface area contributed by atoms with Gasteiger partial charge in [0, 0.05) is 49.8 Å². The Hall–Kier alpha value is -6.84. The van der Waals surface area contributed by atoms with Crippen molar-refractivity contribution in [3.63, 3.8) is 0 Å². The maximum Gasteiger partial charge on any atom is 0.137 e. The highest BCUT2D eigenvalue weighted by molar-refractivity contribution is 6.12. The van der Waals surface area contributed by atoms with Gasteiger partial charge in [0.25, 0.3) is 0 Å². The van der Waals surface area contributed by atoms with Crippen LogP contribution in [0.3, 0.4) is 0 Å². The molecule has 0 spiro atoms.